The van der Waals surface area contributed by atoms with Crippen LogP contribution in [0.15, 0.2) is 55.3 Å². The number of hydrogen-bond donors (Lipinski definition) is 0. The number of benzene rings is 2. The molecular formula is C33H33ClF2N6O2. The molecule has 0 radical (unpaired) electrons. The van der Waals surface area contributed by atoms with Gasteiger partial charge < -0.3 is 14.5 Å². The fourth-order valence-corrected chi connectivity index (χ4v) is 7.53. The van der Waals surface area contributed by atoms with Crippen molar-refractivity contribution in [2.75, 3.05) is 44.7 Å². The van der Waals surface area contributed by atoms with E-state index in [0.29, 0.717) is 59.7 Å². The lowest BCUT2D eigenvalue weighted by Gasteiger charge is -2.31. The lowest BCUT2D eigenvalue weighted by Crippen LogP contribution is -2.43. The smallest absolute Gasteiger partial charge is 0.319 e. The summed E-state index contributed by atoms with van der Waals surface area (Å²) in [5, 5.41) is 2.48. The number of hydrogen-bond acceptors (Lipinski definition) is 7. The van der Waals surface area contributed by atoms with Crippen molar-refractivity contribution < 1.29 is 18.3 Å². The molecule has 11 heteroatoms. The largest absolute Gasteiger partial charge is 0.461 e. The summed E-state index contributed by atoms with van der Waals surface area (Å²) in [5.74, 6) is -0.295. The molecule has 0 saturated carbocycles. The molecule has 1 amide bonds. The fourth-order valence-electron chi connectivity index (χ4n) is 7.24. The lowest BCUT2D eigenvalue weighted by molar-refractivity contribution is -0.125. The Morgan fingerprint density at radius 3 is 2.86 bits per heavy atom. The highest BCUT2D eigenvalue weighted by Crippen LogP contribution is 2.41. The Morgan fingerprint density at radius 1 is 1.23 bits per heavy atom. The number of pyridine rings is 1. The van der Waals surface area contributed by atoms with Gasteiger partial charge in [-0.3, -0.25) is 14.7 Å². The number of carbonyl (C=O) groups is 1. The number of anilines is 1. The SMILES string of the molecule is C=CC(=O)N1CC[C@@H](N(C)c2nc(OC[C@]34CCCN3C[C@H](F)C4)nc3c(F)c(-c4cccc5cccc(Cl)c45)ncc23)C1. The zero-order chi connectivity index (χ0) is 30.6. The summed E-state index contributed by atoms with van der Waals surface area (Å²) in [5.41, 5.74) is 0.328. The average molecular weight is 619 g/mol. The number of fused-ring (bicyclic) bond motifs is 3. The molecule has 5 heterocycles. The van der Waals surface area contributed by atoms with Crippen molar-refractivity contribution in [3.8, 4) is 17.3 Å². The highest BCUT2D eigenvalue weighted by Gasteiger charge is 2.49. The molecule has 4 aromatic rings. The molecule has 2 aromatic carbocycles. The van der Waals surface area contributed by atoms with E-state index in [1.165, 1.54) is 6.08 Å². The fraction of sp³-hybridized carbons (Fsp3) is 0.394. The van der Waals surface area contributed by atoms with Crippen molar-refractivity contribution in [1.82, 2.24) is 24.8 Å². The zero-order valence-corrected chi connectivity index (χ0v) is 25.2. The molecule has 7 rings (SSSR count). The molecule has 8 nitrogen and oxygen atoms in total. The van der Waals surface area contributed by atoms with E-state index in [4.69, 9.17) is 21.3 Å². The highest BCUT2D eigenvalue weighted by atomic mass is 35.5. The quantitative estimate of drug-likeness (QED) is 0.242. The minimum Gasteiger partial charge on any atom is -0.461 e. The number of rotatable bonds is 7. The molecule has 2 aromatic heterocycles. The van der Waals surface area contributed by atoms with Gasteiger partial charge in [-0.2, -0.15) is 9.97 Å². The van der Waals surface area contributed by atoms with Crippen LogP contribution in [0.4, 0.5) is 14.6 Å². The number of halogens is 3. The summed E-state index contributed by atoms with van der Waals surface area (Å²) in [4.78, 5) is 32.0. The molecule has 3 fully saturated rings. The van der Waals surface area contributed by atoms with Crippen LogP contribution in [0.1, 0.15) is 25.7 Å². The first kappa shape index (κ1) is 28.9. The van der Waals surface area contributed by atoms with Crippen LogP contribution in [0.25, 0.3) is 32.9 Å². The van der Waals surface area contributed by atoms with E-state index in [9.17, 15) is 9.18 Å². The van der Waals surface area contributed by atoms with Gasteiger partial charge >= 0.3 is 6.01 Å². The molecule has 3 aliphatic rings. The van der Waals surface area contributed by atoms with Crippen LogP contribution in [0.3, 0.4) is 0 Å². The average Bonchev–Trinajstić information content (AvgIpc) is 3.74. The third-order valence-corrected chi connectivity index (χ3v) is 9.83. The first-order valence-electron chi connectivity index (χ1n) is 15.0. The number of carbonyl (C=O) groups excluding carboxylic acids is 1. The van der Waals surface area contributed by atoms with Crippen LogP contribution in [0, 0.1) is 5.82 Å². The highest BCUT2D eigenvalue weighted by molar-refractivity contribution is 6.36. The van der Waals surface area contributed by atoms with Crippen molar-refractivity contribution in [2.45, 2.75) is 43.4 Å². The van der Waals surface area contributed by atoms with Gasteiger partial charge in [0.1, 0.15) is 29.8 Å². The number of aromatic nitrogens is 3. The Kier molecular flexibility index (Phi) is 7.37. The van der Waals surface area contributed by atoms with Crippen LogP contribution in [-0.2, 0) is 4.79 Å². The van der Waals surface area contributed by atoms with Gasteiger partial charge in [0.05, 0.1) is 10.9 Å². The Morgan fingerprint density at radius 2 is 2.05 bits per heavy atom. The maximum Gasteiger partial charge on any atom is 0.319 e. The molecule has 0 bridgehead atoms. The number of ether oxygens (including phenoxy) is 1. The van der Waals surface area contributed by atoms with Crippen molar-refractivity contribution in [3.63, 3.8) is 0 Å². The van der Waals surface area contributed by atoms with Crippen LogP contribution in [-0.4, -0.2) is 88.2 Å². The van der Waals surface area contributed by atoms with E-state index in [2.05, 4.69) is 21.4 Å². The second-order valence-corrected chi connectivity index (χ2v) is 12.5. The first-order valence-corrected chi connectivity index (χ1v) is 15.4. The molecule has 3 atom stereocenters. The minimum atomic E-state index is -0.902. The van der Waals surface area contributed by atoms with Gasteiger partial charge in [0.25, 0.3) is 0 Å². The van der Waals surface area contributed by atoms with Gasteiger partial charge in [0, 0.05) is 61.3 Å². The number of likely N-dealkylation sites (N-methyl/N-ethyl adjacent to an activating group) is 1. The normalized spacial score (nSPS) is 23.4. The predicted molar refractivity (Wildman–Crippen MR) is 167 cm³/mol. The second-order valence-electron chi connectivity index (χ2n) is 12.1. The summed E-state index contributed by atoms with van der Waals surface area (Å²) in [6.45, 7) is 6.10. The zero-order valence-electron chi connectivity index (χ0n) is 24.5. The summed E-state index contributed by atoms with van der Waals surface area (Å²) in [7, 11) is 1.87. The summed E-state index contributed by atoms with van der Waals surface area (Å²) < 4.78 is 37.3. The van der Waals surface area contributed by atoms with Crippen LogP contribution < -0.4 is 9.64 Å². The van der Waals surface area contributed by atoms with E-state index < -0.39 is 17.5 Å². The summed E-state index contributed by atoms with van der Waals surface area (Å²) in [6, 6.07) is 11.0. The summed E-state index contributed by atoms with van der Waals surface area (Å²) in [6.07, 6.45) is 4.90. The Balaban J connectivity index is 1.32. The van der Waals surface area contributed by atoms with E-state index in [1.807, 2.05) is 36.2 Å². The summed E-state index contributed by atoms with van der Waals surface area (Å²) >= 11 is 6.58. The molecule has 3 aliphatic heterocycles. The van der Waals surface area contributed by atoms with Gasteiger partial charge in [0.15, 0.2) is 5.82 Å². The number of amides is 1. The molecule has 0 N–H and O–H groups in total. The van der Waals surface area contributed by atoms with E-state index in [1.54, 1.807) is 23.2 Å². The van der Waals surface area contributed by atoms with Gasteiger partial charge in [-0.1, -0.05) is 48.5 Å². The number of nitrogens with zero attached hydrogens (tertiary/aromatic N) is 6. The minimum absolute atomic E-state index is 0.0203. The van der Waals surface area contributed by atoms with Crippen LogP contribution in [0.5, 0.6) is 6.01 Å². The molecule has 44 heavy (non-hydrogen) atoms. The second kappa shape index (κ2) is 11.2. The van der Waals surface area contributed by atoms with Gasteiger partial charge in [-0.15, -0.1) is 0 Å². The van der Waals surface area contributed by atoms with E-state index in [-0.39, 0.29) is 35.8 Å². The predicted octanol–water partition coefficient (Wildman–Crippen LogP) is 5.82. The maximum atomic E-state index is 16.6. The topological polar surface area (TPSA) is 74.7 Å². The Hall–Kier alpha value is -3.89. The Bertz CT molecular complexity index is 1780. The standard InChI is InChI=1S/C33H33ClF2N6O2/c1-3-26(43)41-14-11-22(18-41)40(2)31-24-16-37-29(23-9-4-7-20-8-5-10-25(34)27(20)23)28(36)30(24)38-32(39-31)44-19-33-12-6-13-42(33)17-21(35)15-33/h3-5,7-10,16,21-22H,1,6,11-15,17-19H2,2H3/t21-,22-,33-/m1/s1. The molecule has 0 aliphatic carbocycles. The van der Waals surface area contributed by atoms with Crippen LogP contribution >= 0.6 is 11.6 Å². The monoisotopic (exact) mass is 618 g/mol. The van der Waals surface area contributed by atoms with E-state index >= 15 is 4.39 Å². The number of alkyl halides is 1. The molecule has 0 unspecified atom stereocenters. The first-order chi connectivity index (χ1) is 21.3. The molecule has 0 spiro atoms. The van der Waals surface area contributed by atoms with Crippen LogP contribution in [0.2, 0.25) is 5.02 Å². The Labute approximate surface area is 259 Å². The van der Waals surface area contributed by atoms with Crippen molar-refractivity contribution in [2.24, 2.45) is 0 Å². The number of likely N-dealkylation sites (tertiary alicyclic amines) is 1. The molecular weight excluding hydrogens is 586 g/mol. The van der Waals surface area contributed by atoms with Crippen molar-refractivity contribution in [3.05, 3.63) is 66.1 Å². The molecule has 3 saturated heterocycles. The van der Waals surface area contributed by atoms with Gasteiger partial charge in [0.2, 0.25) is 5.91 Å². The van der Waals surface area contributed by atoms with Gasteiger partial charge in [-0.25, -0.2) is 8.78 Å². The molecule has 228 valence electrons. The van der Waals surface area contributed by atoms with Gasteiger partial charge in [-0.05, 0) is 43.3 Å². The van der Waals surface area contributed by atoms with Crippen molar-refractivity contribution in [1.29, 1.82) is 0 Å². The lowest BCUT2D eigenvalue weighted by atomic mass is 9.95. The van der Waals surface area contributed by atoms with Crippen molar-refractivity contribution >= 4 is 45.0 Å². The van der Waals surface area contributed by atoms with E-state index in [0.717, 1.165) is 24.8 Å². The maximum absolute atomic E-state index is 16.6. The third-order valence-electron chi connectivity index (χ3n) is 9.51. The third kappa shape index (κ3) is 4.84.